The number of furan rings is 1. The zero-order valence-electron chi connectivity index (χ0n) is 11.9. The second-order valence-corrected chi connectivity index (χ2v) is 5.86. The van der Waals surface area contributed by atoms with Gasteiger partial charge in [0.05, 0.1) is 13.1 Å². The molecule has 18 heavy (non-hydrogen) atoms. The highest BCUT2D eigenvalue weighted by Crippen LogP contribution is 2.19. The molecule has 0 saturated carbocycles. The first-order valence-corrected chi connectivity index (χ1v) is 7.17. The number of nitrogens with zero attached hydrogens (tertiary/aromatic N) is 1. The lowest BCUT2D eigenvalue weighted by Gasteiger charge is -2.29. The number of nitrogens with one attached hydrogen (secondary N) is 1. The molecule has 1 aromatic heterocycles. The summed E-state index contributed by atoms with van der Waals surface area (Å²) in [5, 5.41) is 3.38. The molecule has 0 aliphatic carbocycles. The maximum absolute atomic E-state index is 5.86. The predicted octanol–water partition coefficient (Wildman–Crippen LogP) is 3.01. The van der Waals surface area contributed by atoms with Crippen LogP contribution in [-0.4, -0.2) is 24.0 Å². The topological polar surface area (TPSA) is 28.4 Å². The SMILES string of the molecule is CC1CCN(Cc2ccc(CNC(C)C)o2)CC1. The van der Waals surface area contributed by atoms with Crippen molar-refractivity contribution < 1.29 is 4.42 Å². The summed E-state index contributed by atoms with van der Waals surface area (Å²) in [6, 6.07) is 4.72. The Morgan fingerprint density at radius 3 is 2.61 bits per heavy atom. The van der Waals surface area contributed by atoms with E-state index >= 15 is 0 Å². The van der Waals surface area contributed by atoms with Crippen molar-refractivity contribution in [2.45, 2.75) is 52.7 Å². The molecule has 0 unspecified atom stereocenters. The molecule has 3 heteroatoms. The van der Waals surface area contributed by atoms with E-state index in [4.69, 9.17) is 4.42 Å². The van der Waals surface area contributed by atoms with Gasteiger partial charge in [-0.25, -0.2) is 0 Å². The van der Waals surface area contributed by atoms with Crippen molar-refractivity contribution in [1.82, 2.24) is 10.2 Å². The Morgan fingerprint density at radius 2 is 1.94 bits per heavy atom. The summed E-state index contributed by atoms with van der Waals surface area (Å²) in [6.07, 6.45) is 2.64. The van der Waals surface area contributed by atoms with E-state index in [2.05, 4.69) is 43.1 Å². The third-order valence-corrected chi connectivity index (χ3v) is 3.66. The first kappa shape index (κ1) is 13.6. The minimum atomic E-state index is 0.502. The van der Waals surface area contributed by atoms with Crippen LogP contribution in [0.3, 0.4) is 0 Å². The van der Waals surface area contributed by atoms with E-state index < -0.39 is 0 Å². The zero-order chi connectivity index (χ0) is 13.0. The average Bonchev–Trinajstić information content (AvgIpc) is 2.77. The van der Waals surface area contributed by atoms with E-state index in [0.717, 1.165) is 30.5 Å². The molecule has 3 nitrogen and oxygen atoms in total. The van der Waals surface area contributed by atoms with E-state index in [1.54, 1.807) is 0 Å². The predicted molar refractivity (Wildman–Crippen MR) is 74.4 cm³/mol. The van der Waals surface area contributed by atoms with Crippen molar-refractivity contribution in [3.05, 3.63) is 23.7 Å². The van der Waals surface area contributed by atoms with Crippen molar-refractivity contribution in [3.8, 4) is 0 Å². The molecule has 1 fully saturated rings. The molecule has 0 atom stereocenters. The monoisotopic (exact) mass is 250 g/mol. The van der Waals surface area contributed by atoms with Crippen LogP contribution in [0.4, 0.5) is 0 Å². The average molecular weight is 250 g/mol. The summed E-state index contributed by atoms with van der Waals surface area (Å²) in [7, 11) is 0. The molecule has 1 saturated heterocycles. The van der Waals surface area contributed by atoms with Gasteiger partial charge in [0, 0.05) is 6.04 Å². The van der Waals surface area contributed by atoms with E-state index in [1.165, 1.54) is 25.9 Å². The van der Waals surface area contributed by atoms with Crippen molar-refractivity contribution in [1.29, 1.82) is 0 Å². The molecule has 0 radical (unpaired) electrons. The summed E-state index contributed by atoms with van der Waals surface area (Å²) in [4.78, 5) is 2.50. The van der Waals surface area contributed by atoms with Crippen LogP contribution in [0.1, 0.15) is 45.1 Å². The fraction of sp³-hybridized carbons (Fsp3) is 0.733. The molecule has 0 bridgehead atoms. The Bertz CT molecular complexity index is 351. The van der Waals surface area contributed by atoms with Gasteiger partial charge in [-0.15, -0.1) is 0 Å². The molecule has 0 aromatic carbocycles. The van der Waals surface area contributed by atoms with Gasteiger partial charge in [0.15, 0.2) is 0 Å². The molecule has 2 heterocycles. The Kier molecular flexibility index (Phi) is 4.84. The van der Waals surface area contributed by atoms with Gasteiger partial charge in [-0.05, 0) is 44.0 Å². The van der Waals surface area contributed by atoms with Crippen molar-refractivity contribution in [2.24, 2.45) is 5.92 Å². The first-order chi connectivity index (χ1) is 8.63. The number of hydrogen-bond acceptors (Lipinski definition) is 3. The van der Waals surface area contributed by atoms with Gasteiger partial charge < -0.3 is 9.73 Å². The fourth-order valence-corrected chi connectivity index (χ4v) is 2.35. The number of rotatable bonds is 5. The molecular formula is C15H26N2O. The van der Waals surface area contributed by atoms with Crippen molar-refractivity contribution >= 4 is 0 Å². The van der Waals surface area contributed by atoms with Crippen LogP contribution < -0.4 is 5.32 Å². The number of piperidine rings is 1. The largest absolute Gasteiger partial charge is 0.463 e. The number of likely N-dealkylation sites (tertiary alicyclic amines) is 1. The Morgan fingerprint density at radius 1 is 1.28 bits per heavy atom. The molecule has 1 aromatic rings. The molecule has 0 spiro atoms. The third kappa shape index (κ3) is 4.14. The highest BCUT2D eigenvalue weighted by molar-refractivity contribution is 5.07. The molecule has 0 amide bonds. The molecule has 1 aliphatic rings. The van der Waals surface area contributed by atoms with E-state index in [-0.39, 0.29) is 0 Å². The lowest BCUT2D eigenvalue weighted by Crippen LogP contribution is -2.32. The third-order valence-electron chi connectivity index (χ3n) is 3.66. The van der Waals surface area contributed by atoms with Gasteiger partial charge in [-0.3, -0.25) is 4.90 Å². The van der Waals surface area contributed by atoms with Gasteiger partial charge in [-0.2, -0.15) is 0 Å². The van der Waals surface area contributed by atoms with Crippen LogP contribution in [0.25, 0.3) is 0 Å². The Hall–Kier alpha value is -0.800. The molecule has 1 N–H and O–H groups in total. The minimum absolute atomic E-state index is 0.502. The maximum atomic E-state index is 5.86. The van der Waals surface area contributed by atoms with Gasteiger partial charge in [0.1, 0.15) is 11.5 Å². The molecule has 102 valence electrons. The second kappa shape index (κ2) is 6.39. The van der Waals surface area contributed by atoms with E-state index in [0.29, 0.717) is 6.04 Å². The summed E-state index contributed by atoms with van der Waals surface area (Å²) in [6.45, 7) is 10.9. The summed E-state index contributed by atoms with van der Waals surface area (Å²) in [5.41, 5.74) is 0. The van der Waals surface area contributed by atoms with Crippen LogP contribution >= 0.6 is 0 Å². The van der Waals surface area contributed by atoms with E-state index in [1.807, 2.05) is 0 Å². The highest BCUT2D eigenvalue weighted by atomic mass is 16.3. The van der Waals surface area contributed by atoms with Crippen LogP contribution in [0.15, 0.2) is 16.5 Å². The number of hydrogen-bond donors (Lipinski definition) is 1. The van der Waals surface area contributed by atoms with Crippen LogP contribution in [0, 0.1) is 5.92 Å². The van der Waals surface area contributed by atoms with Crippen molar-refractivity contribution in [3.63, 3.8) is 0 Å². The van der Waals surface area contributed by atoms with Crippen LogP contribution in [0.2, 0.25) is 0 Å². The standard InChI is InChI=1S/C15H26N2O/c1-12(2)16-10-14-4-5-15(18-14)11-17-8-6-13(3)7-9-17/h4-5,12-13,16H,6-11H2,1-3H3. The van der Waals surface area contributed by atoms with Crippen LogP contribution in [-0.2, 0) is 13.1 Å². The summed E-state index contributed by atoms with van der Waals surface area (Å²) in [5.74, 6) is 3.04. The van der Waals surface area contributed by atoms with Gasteiger partial charge >= 0.3 is 0 Å². The van der Waals surface area contributed by atoms with Gasteiger partial charge in [-0.1, -0.05) is 20.8 Å². The normalized spacial score (nSPS) is 18.7. The van der Waals surface area contributed by atoms with Gasteiger partial charge in [0.25, 0.3) is 0 Å². The van der Waals surface area contributed by atoms with Crippen LogP contribution in [0.5, 0.6) is 0 Å². The molecule has 1 aliphatic heterocycles. The zero-order valence-corrected chi connectivity index (χ0v) is 11.9. The maximum Gasteiger partial charge on any atom is 0.118 e. The van der Waals surface area contributed by atoms with E-state index in [9.17, 15) is 0 Å². The second-order valence-electron chi connectivity index (χ2n) is 5.86. The first-order valence-electron chi connectivity index (χ1n) is 7.17. The Balaban J connectivity index is 1.79. The Labute approximate surface area is 111 Å². The quantitative estimate of drug-likeness (QED) is 0.871. The lowest BCUT2D eigenvalue weighted by atomic mass is 9.99. The smallest absolute Gasteiger partial charge is 0.118 e. The highest BCUT2D eigenvalue weighted by Gasteiger charge is 2.16. The lowest BCUT2D eigenvalue weighted by molar-refractivity contribution is 0.172. The summed E-state index contributed by atoms with van der Waals surface area (Å²) < 4.78 is 5.86. The molecular weight excluding hydrogens is 224 g/mol. The van der Waals surface area contributed by atoms with Gasteiger partial charge in [0.2, 0.25) is 0 Å². The van der Waals surface area contributed by atoms with Crippen molar-refractivity contribution in [2.75, 3.05) is 13.1 Å². The molecule has 2 rings (SSSR count). The minimum Gasteiger partial charge on any atom is -0.463 e. The summed E-state index contributed by atoms with van der Waals surface area (Å²) >= 11 is 0. The fourth-order valence-electron chi connectivity index (χ4n) is 2.35.